The fraction of sp³-hybridized carbons (Fsp3) is 0.0667. The number of fused-ring (bicyclic) bond motifs is 1. The number of carboxylic acids is 1. The Labute approximate surface area is 123 Å². The lowest BCUT2D eigenvalue weighted by atomic mass is 10.1. The largest absolute Gasteiger partial charge is 0.478 e. The predicted octanol–water partition coefficient (Wildman–Crippen LogP) is 3.79. The molecule has 0 fully saturated rings. The molecular weight excluding hydrogens is 320 g/mol. The molecule has 3 aromatic rings. The third-order valence-electron chi connectivity index (χ3n) is 3.21. The van der Waals surface area contributed by atoms with Gasteiger partial charge in [-0.25, -0.2) is 9.78 Å². The molecule has 1 aromatic heterocycles. The molecule has 1 N–H and O–H groups in total. The second-order valence-electron chi connectivity index (χ2n) is 4.55. The quantitative estimate of drug-likeness (QED) is 0.777. The van der Waals surface area contributed by atoms with Crippen molar-refractivity contribution in [2.45, 2.75) is 6.92 Å². The van der Waals surface area contributed by atoms with Crippen molar-refractivity contribution in [3.05, 3.63) is 58.3 Å². The number of carboxylic acid groups (broad SMARTS) is 1. The van der Waals surface area contributed by atoms with Gasteiger partial charge >= 0.3 is 5.97 Å². The molecule has 0 aliphatic heterocycles. The summed E-state index contributed by atoms with van der Waals surface area (Å²) in [5.74, 6) is -0.938. The average molecular weight is 331 g/mol. The number of aryl methyl sites for hydroxylation is 1. The molecule has 0 amide bonds. The normalized spacial score (nSPS) is 10.9. The first kappa shape index (κ1) is 12.9. The summed E-state index contributed by atoms with van der Waals surface area (Å²) in [4.78, 5) is 15.4. The number of rotatable bonds is 2. The van der Waals surface area contributed by atoms with E-state index in [1.807, 2.05) is 29.7 Å². The monoisotopic (exact) mass is 330 g/mol. The van der Waals surface area contributed by atoms with Crippen molar-refractivity contribution in [2.75, 3.05) is 0 Å². The zero-order valence-corrected chi connectivity index (χ0v) is 12.3. The highest BCUT2D eigenvalue weighted by molar-refractivity contribution is 9.10. The molecule has 0 spiro atoms. The Kier molecular flexibility index (Phi) is 3.06. The average Bonchev–Trinajstić information content (AvgIpc) is 2.81. The predicted molar refractivity (Wildman–Crippen MR) is 80.5 cm³/mol. The minimum atomic E-state index is -0.938. The SMILES string of the molecule is Cc1cc(Br)ccc1-n1cnc2ccc(C(=O)O)cc21. The molecule has 100 valence electrons. The number of hydrogen-bond acceptors (Lipinski definition) is 2. The standard InChI is InChI=1S/C15H11BrN2O2/c1-9-6-11(16)3-5-13(9)18-8-17-12-4-2-10(15(19)20)7-14(12)18/h2-8H,1H3,(H,19,20). The van der Waals surface area contributed by atoms with E-state index in [1.165, 1.54) is 0 Å². The molecule has 5 heteroatoms. The van der Waals surface area contributed by atoms with Gasteiger partial charge in [0.15, 0.2) is 0 Å². The topological polar surface area (TPSA) is 55.1 Å². The van der Waals surface area contributed by atoms with Gasteiger partial charge < -0.3 is 5.11 Å². The lowest BCUT2D eigenvalue weighted by molar-refractivity contribution is 0.0697. The van der Waals surface area contributed by atoms with Crippen LogP contribution in [0.2, 0.25) is 0 Å². The highest BCUT2D eigenvalue weighted by atomic mass is 79.9. The van der Waals surface area contributed by atoms with Crippen LogP contribution in [0.4, 0.5) is 0 Å². The first-order valence-corrected chi connectivity index (χ1v) is 6.82. The summed E-state index contributed by atoms with van der Waals surface area (Å²) >= 11 is 3.44. The zero-order chi connectivity index (χ0) is 14.3. The van der Waals surface area contributed by atoms with E-state index >= 15 is 0 Å². The summed E-state index contributed by atoms with van der Waals surface area (Å²) in [6, 6.07) is 10.9. The first-order chi connectivity index (χ1) is 9.56. The number of halogens is 1. The summed E-state index contributed by atoms with van der Waals surface area (Å²) in [5, 5.41) is 9.10. The van der Waals surface area contributed by atoms with Crippen molar-refractivity contribution < 1.29 is 9.90 Å². The van der Waals surface area contributed by atoms with Crippen LogP contribution in [0.3, 0.4) is 0 Å². The lowest BCUT2D eigenvalue weighted by Crippen LogP contribution is -1.98. The van der Waals surface area contributed by atoms with E-state index < -0.39 is 5.97 Å². The van der Waals surface area contributed by atoms with Gasteiger partial charge in [0.05, 0.1) is 22.3 Å². The van der Waals surface area contributed by atoms with Crippen LogP contribution in [-0.2, 0) is 0 Å². The molecule has 1 heterocycles. The van der Waals surface area contributed by atoms with Crippen LogP contribution in [0, 0.1) is 6.92 Å². The number of benzene rings is 2. The van der Waals surface area contributed by atoms with Gasteiger partial charge in [0.25, 0.3) is 0 Å². The molecular formula is C15H11BrN2O2. The van der Waals surface area contributed by atoms with E-state index in [0.717, 1.165) is 26.8 Å². The molecule has 0 saturated carbocycles. The molecule has 0 saturated heterocycles. The summed E-state index contributed by atoms with van der Waals surface area (Å²) < 4.78 is 2.91. The summed E-state index contributed by atoms with van der Waals surface area (Å²) in [6.45, 7) is 2.01. The molecule has 3 rings (SSSR count). The molecule has 2 aromatic carbocycles. The Balaban J connectivity index is 2.25. The molecule has 0 radical (unpaired) electrons. The third kappa shape index (κ3) is 2.10. The second kappa shape index (κ2) is 4.76. The van der Waals surface area contributed by atoms with Crippen molar-refractivity contribution in [3.8, 4) is 5.69 Å². The smallest absolute Gasteiger partial charge is 0.335 e. The van der Waals surface area contributed by atoms with Gasteiger partial charge in [-0.2, -0.15) is 0 Å². The number of imidazole rings is 1. The van der Waals surface area contributed by atoms with E-state index in [-0.39, 0.29) is 5.56 Å². The number of aromatic nitrogens is 2. The molecule has 0 unspecified atom stereocenters. The van der Waals surface area contributed by atoms with E-state index in [1.54, 1.807) is 24.5 Å². The van der Waals surface area contributed by atoms with Gasteiger partial charge in [0.1, 0.15) is 6.33 Å². The van der Waals surface area contributed by atoms with E-state index in [9.17, 15) is 4.79 Å². The van der Waals surface area contributed by atoms with Crippen molar-refractivity contribution in [2.24, 2.45) is 0 Å². The Bertz CT molecular complexity index is 824. The minimum Gasteiger partial charge on any atom is -0.478 e. The number of aromatic carboxylic acids is 1. The fourth-order valence-electron chi connectivity index (χ4n) is 2.22. The molecule has 4 nitrogen and oxygen atoms in total. The van der Waals surface area contributed by atoms with Crippen molar-refractivity contribution in [3.63, 3.8) is 0 Å². The highest BCUT2D eigenvalue weighted by Gasteiger charge is 2.10. The Hall–Kier alpha value is -2.14. The molecule has 0 aliphatic rings. The first-order valence-electron chi connectivity index (χ1n) is 6.03. The van der Waals surface area contributed by atoms with Crippen LogP contribution in [-0.4, -0.2) is 20.6 Å². The van der Waals surface area contributed by atoms with Crippen molar-refractivity contribution in [1.82, 2.24) is 9.55 Å². The molecule has 0 bridgehead atoms. The van der Waals surface area contributed by atoms with Gasteiger partial charge in [-0.1, -0.05) is 15.9 Å². The van der Waals surface area contributed by atoms with Crippen LogP contribution in [0.1, 0.15) is 15.9 Å². The Morgan fingerprint density at radius 3 is 2.75 bits per heavy atom. The van der Waals surface area contributed by atoms with Crippen molar-refractivity contribution >= 4 is 32.9 Å². The van der Waals surface area contributed by atoms with Gasteiger partial charge in [0, 0.05) is 4.47 Å². The number of hydrogen-bond donors (Lipinski definition) is 1. The van der Waals surface area contributed by atoms with Gasteiger partial charge in [-0.15, -0.1) is 0 Å². The van der Waals surface area contributed by atoms with Crippen LogP contribution >= 0.6 is 15.9 Å². The number of nitrogens with zero attached hydrogens (tertiary/aromatic N) is 2. The fourth-order valence-corrected chi connectivity index (χ4v) is 2.70. The lowest BCUT2D eigenvalue weighted by Gasteiger charge is -2.09. The van der Waals surface area contributed by atoms with E-state index in [0.29, 0.717) is 0 Å². The number of carbonyl (C=O) groups is 1. The van der Waals surface area contributed by atoms with Crippen LogP contribution < -0.4 is 0 Å². The second-order valence-corrected chi connectivity index (χ2v) is 5.47. The van der Waals surface area contributed by atoms with Crippen LogP contribution in [0.5, 0.6) is 0 Å². The Morgan fingerprint density at radius 1 is 1.25 bits per heavy atom. The van der Waals surface area contributed by atoms with Gasteiger partial charge in [-0.05, 0) is 48.9 Å². The molecule has 0 atom stereocenters. The van der Waals surface area contributed by atoms with Gasteiger partial charge in [0.2, 0.25) is 0 Å². The van der Waals surface area contributed by atoms with Crippen LogP contribution in [0.15, 0.2) is 47.2 Å². The van der Waals surface area contributed by atoms with E-state index in [4.69, 9.17) is 5.11 Å². The summed E-state index contributed by atoms with van der Waals surface area (Å²) in [6.07, 6.45) is 1.71. The maximum atomic E-state index is 11.1. The van der Waals surface area contributed by atoms with E-state index in [2.05, 4.69) is 20.9 Å². The van der Waals surface area contributed by atoms with Crippen LogP contribution in [0.25, 0.3) is 16.7 Å². The Morgan fingerprint density at radius 2 is 2.05 bits per heavy atom. The van der Waals surface area contributed by atoms with Gasteiger partial charge in [-0.3, -0.25) is 4.57 Å². The minimum absolute atomic E-state index is 0.258. The molecule has 20 heavy (non-hydrogen) atoms. The third-order valence-corrected chi connectivity index (χ3v) is 3.71. The molecule has 0 aliphatic carbocycles. The maximum absolute atomic E-state index is 11.1. The summed E-state index contributed by atoms with van der Waals surface area (Å²) in [7, 11) is 0. The highest BCUT2D eigenvalue weighted by Crippen LogP contribution is 2.24. The maximum Gasteiger partial charge on any atom is 0.335 e. The summed E-state index contributed by atoms with van der Waals surface area (Å²) in [5.41, 5.74) is 3.89. The van der Waals surface area contributed by atoms with Crippen molar-refractivity contribution in [1.29, 1.82) is 0 Å². The zero-order valence-electron chi connectivity index (χ0n) is 10.7.